The molecule has 0 saturated carbocycles. The van der Waals surface area contributed by atoms with E-state index in [-0.39, 0.29) is 6.04 Å². The molecule has 2 N–H and O–H groups in total. The van der Waals surface area contributed by atoms with Crippen molar-refractivity contribution in [1.82, 2.24) is 19.8 Å². The van der Waals surface area contributed by atoms with Gasteiger partial charge >= 0.3 is 0 Å². The largest absolute Gasteiger partial charge is 0.380 e. The Morgan fingerprint density at radius 3 is 2.81 bits per heavy atom. The molecule has 21 heavy (non-hydrogen) atoms. The molecule has 1 saturated heterocycles. The first-order valence-corrected chi connectivity index (χ1v) is 8.72. The number of sulfonamides is 1. The molecule has 1 aliphatic rings. The SMILES string of the molecule is CNCCCn1nc(C)c(S(=O)(=O)NC2CCOC2)c1C. The van der Waals surface area contributed by atoms with E-state index in [4.69, 9.17) is 4.74 Å². The molecule has 1 fully saturated rings. The predicted molar refractivity (Wildman–Crippen MR) is 79.8 cm³/mol. The standard InChI is InChI=1S/C13H24N4O3S/c1-10-13(11(2)17(15-10)7-4-6-14-3)21(18,19)16-12-5-8-20-9-12/h12,14,16H,4-9H2,1-3H3. The number of aromatic nitrogens is 2. The lowest BCUT2D eigenvalue weighted by Crippen LogP contribution is -2.35. The van der Waals surface area contributed by atoms with E-state index in [9.17, 15) is 8.42 Å². The van der Waals surface area contributed by atoms with Crippen LogP contribution in [0.3, 0.4) is 0 Å². The number of rotatable bonds is 7. The number of hydrogen-bond donors (Lipinski definition) is 2. The van der Waals surface area contributed by atoms with Crippen molar-refractivity contribution in [1.29, 1.82) is 0 Å². The number of nitrogens with one attached hydrogen (secondary N) is 2. The van der Waals surface area contributed by atoms with Crippen LogP contribution in [0.25, 0.3) is 0 Å². The van der Waals surface area contributed by atoms with Crippen LogP contribution in [0.1, 0.15) is 24.2 Å². The molecule has 7 nitrogen and oxygen atoms in total. The molecule has 1 unspecified atom stereocenters. The molecule has 0 radical (unpaired) electrons. The van der Waals surface area contributed by atoms with E-state index in [1.165, 1.54) is 0 Å². The summed E-state index contributed by atoms with van der Waals surface area (Å²) in [7, 11) is -1.65. The van der Waals surface area contributed by atoms with Crippen molar-refractivity contribution in [3.63, 3.8) is 0 Å². The van der Waals surface area contributed by atoms with Gasteiger partial charge in [-0.1, -0.05) is 0 Å². The van der Waals surface area contributed by atoms with Gasteiger partial charge in [-0.3, -0.25) is 4.68 Å². The Balaban J connectivity index is 2.17. The van der Waals surface area contributed by atoms with Gasteiger partial charge in [0.15, 0.2) is 0 Å². The summed E-state index contributed by atoms with van der Waals surface area (Å²) in [6, 6.07) is -0.138. The molecule has 2 rings (SSSR count). The van der Waals surface area contributed by atoms with Gasteiger partial charge in [-0.25, -0.2) is 13.1 Å². The molecular weight excluding hydrogens is 292 g/mol. The Kier molecular flexibility index (Phi) is 5.37. The van der Waals surface area contributed by atoms with Crippen molar-refractivity contribution in [2.45, 2.75) is 44.2 Å². The minimum absolute atomic E-state index is 0.138. The van der Waals surface area contributed by atoms with Crippen LogP contribution < -0.4 is 10.0 Å². The second-order valence-corrected chi connectivity index (χ2v) is 7.01. The topological polar surface area (TPSA) is 85.2 Å². The molecule has 1 aromatic heterocycles. The zero-order chi connectivity index (χ0) is 15.5. The zero-order valence-electron chi connectivity index (χ0n) is 12.8. The molecular formula is C13H24N4O3S. The molecule has 2 heterocycles. The molecule has 0 aliphatic carbocycles. The van der Waals surface area contributed by atoms with Crippen LogP contribution in [0.5, 0.6) is 0 Å². The van der Waals surface area contributed by atoms with Crippen molar-refractivity contribution in [3.05, 3.63) is 11.4 Å². The summed E-state index contributed by atoms with van der Waals surface area (Å²) in [4.78, 5) is 0.304. The third kappa shape index (κ3) is 3.82. The first-order chi connectivity index (χ1) is 9.95. The summed E-state index contributed by atoms with van der Waals surface area (Å²) in [5, 5.41) is 7.43. The Morgan fingerprint density at radius 1 is 1.43 bits per heavy atom. The van der Waals surface area contributed by atoms with E-state index in [0.717, 1.165) is 13.0 Å². The average molecular weight is 316 g/mol. The number of nitrogens with zero attached hydrogens (tertiary/aromatic N) is 2. The Morgan fingerprint density at radius 2 is 2.19 bits per heavy atom. The van der Waals surface area contributed by atoms with Gasteiger partial charge in [-0.05, 0) is 40.3 Å². The van der Waals surface area contributed by atoms with E-state index in [2.05, 4.69) is 15.1 Å². The molecule has 0 bridgehead atoms. The highest BCUT2D eigenvalue weighted by Gasteiger charge is 2.28. The second-order valence-electron chi connectivity index (χ2n) is 5.36. The van der Waals surface area contributed by atoms with Gasteiger partial charge in [0, 0.05) is 19.2 Å². The minimum Gasteiger partial charge on any atom is -0.380 e. The summed E-state index contributed by atoms with van der Waals surface area (Å²) < 4.78 is 34.8. The van der Waals surface area contributed by atoms with Gasteiger partial charge in [0.25, 0.3) is 0 Å². The van der Waals surface area contributed by atoms with E-state index in [1.54, 1.807) is 18.5 Å². The van der Waals surface area contributed by atoms with Gasteiger partial charge < -0.3 is 10.1 Å². The minimum atomic E-state index is -3.54. The summed E-state index contributed by atoms with van der Waals surface area (Å²) in [6.45, 7) is 6.16. The third-order valence-corrected chi connectivity index (χ3v) is 5.40. The molecule has 1 aliphatic heterocycles. The number of aryl methyl sites for hydroxylation is 2. The van der Waals surface area contributed by atoms with Crippen molar-refractivity contribution in [2.75, 3.05) is 26.8 Å². The highest BCUT2D eigenvalue weighted by atomic mass is 32.2. The highest BCUT2D eigenvalue weighted by molar-refractivity contribution is 7.89. The maximum atomic E-state index is 12.5. The van der Waals surface area contributed by atoms with Crippen molar-refractivity contribution in [2.24, 2.45) is 0 Å². The Bertz CT molecular complexity index is 576. The Labute approximate surface area is 126 Å². The maximum absolute atomic E-state index is 12.5. The lowest BCUT2D eigenvalue weighted by atomic mass is 10.3. The van der Waals surface area contributed by atoms with Crippen LogP contribution >= 0.6 is 0 Å². The van der Waals surface area contributed by atoms with Crippen molar-refractivity contribution < 1.29 is 13.2 Å². The molecule has 0 spiro atoms. The first-order valence-electron chi connectivity index (χ1n) is 7.24. The van der Waals surface area contributed by atoms with Crippen LogP contribution in [0, 0.1) is 13.8 Å². The van der Waals surface area contributed by atoms with Crippen LogP contribution in [0.4, 0.5) is 0 Å². The van der Waals surface area contributed by atoms with Gasteiger partial charge in [0.05, 0.1) is 18.0 Å². The van der Waals surface area contributed by atoms with E-state index < -0.39 is 10.0 Å². The predicted octanol–water partition coefficient (Wildman–Crippen LogP) is 0.177. The summed E-state index contributed by atoms with van der Waals surface area (Å²) in [5.41, 5.74) is 1.23. The lowest BCUT2D eigenvalue weighted by Gasteiger charge is -2.12. The summed E-state index contributed by atoms with van der Waals surface area (Å²) in [6.07, 6.45) is 1.62. The molecule has 0 amide bonds. The normalized spacial score (nSPS) is 19.3. The molecule has 8 heteroatoms. The smallest absolute Gasteiger partial charge is 0.244 e. The van der Waals surface area contributed by atoms with Gasteiger partial charge in [-0.2, -0.15) is 5.10 Å². The van der Waals surface area contributed by atoms with Crippen molar-refractivity contribution in [3.8, 4) is 0 Å². The number of ether oxygens (including phenoxy) is 1. The van der Waals surface area contributed by atoms with Gasteiger partial charge in [0.1, 0.15) is 4.90 Å². The fraction of sp³-hybridized carbons (Fsp3) is 0.769. The summed E-state index contributed by atoms with van der Waals surface area (Å²) >= 11 is 0. The van der Waals surface area contributed by atoms with Crippen LogP contribution in [-0.4, -0.2) is 51.0 Å². The molecule has 1 atom stereocenters. The number of hydrogen-bond acceptors (Lipinski definition) is 5. The Hall–Kier alpha value is -0.960. The fourth-order valence-electron chi connectivity index (χ4n) is 2.60. The van der Waals surface area contributed by atoms with E-state index in [1.807, 2.05) is 7.05 Å². The maximum Gasteiger partial charge on any atom is 0.244 e. The van der Waals surface area contributed by atoms with Crippen LogP contribution in [-0.2, 0) is 21.3 Å². The van der Waals surface area contributed by atoms with Crippen LogP contribution in [0.15, 0.2) is 4.90 Å². The fourth-order valence-corrected chi connectivity index (χ4v) is 4.27. The van der Waals surface area contributed by atoms with E-state index in [0.29, 0.717) is 42.5 Å². The zero-order valence-corrected chi connectivity index (χ0v) is 13.7. The lowest BCUT2D eigenvalue weighted by molar-refractivity contribution is 0.192. The summed E-state index contributed by atoms with van der Waals surface area (Å²) in [5.74, 6) is 0. The van der Waals surface area contributed by atoms with Crippen molar-refractivity contribution >= 4 is 10.0 Å². The average Bonchev–Trinajstić information content (AvgIpc) is 2.98. The quantitative estimate of drug-likeness (QED) is 0.701. The highest BCUT2D eigenvalue weighted by Crippen LogP contribution is 2.20. The third-order valence-electron chi connectivity index (χ3n) is 3.63. The van der Waals surface area contributed by atoms with E-state index >= 15 is 0 Å². The first kappa shape index (κ1) is 16.4. The van der Waals surface area contributed by atoms with Gasteiger partial charge in [0.2, 0.25) is 10.0 Å². The van der Waals surface area contributed by atoms with Gasteiger partial charge in [-0.15, -0.1) is 0 Å². The van der Waals surface area contributed by atoms with Crippen LogP contribution in [0.2, 0.25) is 0 Å². The molecule has 0 aromatic carbocycles. The molecule has 120 valence electrons. The monoisotopic (exact) mass is 316 g/mol. The molecule has 1 aromatic rings. The second kappa shape index (κ2) is 6.87.